The molecular weight excluding hydrogens is 552 g/mol. The number of hydrogen-bond acceptors (Lipinski definition) is 7. The van der Waals surface area contributed by atoms with Crippen LogP contribution in [0.5, 0.6) is 11.5 Å². The van der Waals surface area contributed by atoms with Gasteiger partial charge in [-0.2, -0.15) is 5.10 Å². The highest BCUT2D eigenvalue weighted by Gasteiger charge is 2.33. The highest BCUT2D eigenvalue weighted by atomic mass is 32.2. The van der Waals surface area contributed by atoms with Gasteiger partial charge in [0.05, 0.1) is 54.1 Å². The van der Waals surface area contributed by atoms with Gasteiger partial charge in [-0.25, -0.2) is 18.1 Å². The van der Waals surface area contributed by atoms with E-state index in [0.29, 0.717) is 45.9 Å². The molecule has 42 heavy (non-hydrogen) atoms. The summed E-state index contributed by atoms with van der Waals surface area (Å²) in [5, 5.41) is 8.81. The van der Waals surface area contributed by atoms with Gasteiger partial charge in [-0.15, -0.1) is 0 Å². The lowest BCUT2D eigenvalue weighted by Gasteiger charge is -2.20. The molecule has 2 aromatic heterocycles. The molecule has 1 saturated heterocycles. The van der Waals surface area contributed by atoms with Crippen molar-refractivity contribution in [2.75, 3.05) is 25.7 Å². The number of benzene rings is 1. The third-order valence-electron chi connectivity index (χ3n) is 8.76. The maximum atomic E-state index is 14.1. The Morgan fingerprint density at radius 3 is 2.14 bits per heavy atom. The highest BCUT2D eigenvalue weighted by Crippen LogP contribution is 2.35. The van der Waals surface area contributed by atoms with Gasteiger partial charge in [0, 0.05) is 11.6 Å². The lowest BCUT2D eigenvalue weighted by atomic mass is 9.97. The van der Waals surface area contributed by atoms with Crippen LogP contribution in [0.1, 0.15) is 99.1 Å². The summed E-state index contributed by atoms with van der Waals surface area (Å²) >= 11 is 0. The minimum atomic E-state index is -3.14. The van der Waals surface area contributed by atoms with E-state index >= 15 is 0 Å². The zero-order chi connectivity index (χ0) is 29.7. The number of sulfone groups is 1. The van der Waals surface area contributed by atoms with Gasteiger partial charge < -0.3 is 14.8 Å². The summed E-state index contributed by atoms with van der Waals surface area (Å²) in [6.45, 7) is 1.87. The monoisotopic (exact) mass is 596 g/mol. The topological polar surface area (TPSA) is 112 Å². The van der Waals surface area contributed by atoms with E-state index in [1.165, 1.54) is 44.9 Å². The Labute approximate surface area is 249 Å². The molecule has 1 N–H and O–H groups in total. The van der Waals surface area contributed by atoms with E-state index in [9.17, 15) is 13.2 Å². The summed E-state index contributed by atoms with van der Waals surface area (Å²) in [7, 11) is 0.0266. The van der Waals surface area contributed by atoms with Crippen LogP contribution in [0, 0.1) is 6.92 Å². The van der Waals surface area contributed by atoms with Crippen molar-refractivity contribution in [1.82, 2.24) is 20.1 Å². The van der Waals surface area contributed by atoms with Gasteiger partial charge in [0.2, 0.25) is 0 Å². The fraction of sp³-hybridized carbons (Fsp3) is 0.594. The minimum absolute atomic E-state index is 0.0229. The fourth-order valence-corrected chi connectivity index (χ4v) is 8.12. The molecule has 0 spiro atoms. The maximum absolute atomic E-state index is 14.1. The zero-order valence-corrected chi connectivity index (χ0v) is 26.0. The number of amides is 1. The standard InChI is InChI=1S/C32H44N4O5S/c1-22-30-26(32(37)33-24-13-11-9-7-5-4-6-8-10-12-14-24)20-27(23-15-16-28(40-2)29(19-23)41-3)34-31(30)36(35-22)25-17-18-42(38,39)21-25/h15-16,19-20,24-25H,4-14,17-18,21H2,1-3H3,(H,33,37). The van der Waals surface area contributed by atoms with E-state index in [0.717, 1.165) is 31.2 Å². The van der Waals surface area contributed by atoms with Gasteiger partial charge in [-0.05, 0) is 50.5 Å². The molecule has 0 bridgehead atoms. The first kappa shape index (κ1) is 30.3. The van der Waals surface area contributed by atoms with Gasteiger partial charge in [-0.1, -0.05) is 57.8 Å². The molecule has 1 amide bonds. The lowest BCUT2D eigenvalue weighted by molar-refractivity contribution is 0.0933. The number of nitrogens with zero attached hydrogens (tertiary/aromatic N) is 3. The van der Waals surface area contributed by atoms with E-state index in [-0.39, 0.29) is 29.5 Å². The molecule has 1 saturated carbocycles. The van der Waals surface area contributed by atoms with Gasteiger partial charge in [0.25, 0.3) is 5.91 Å². The Morgan fingerprint density at radius 2 is 1.55 bits per heavy atom. The molecule has 1 unspecified atom stereocenters. The number of rotatable bonds is 6. The van der Waals surface area contributed by atoms with E-state index < -0.39 is 9.84 Å². The Morgan fingerprint density at radius 1 is 0.905 bits per heavy atom. The number of ether oxygens (including phenoxy) is 2. The first-order valence-electron chi connectivity index (χ1n) is 15.4. The molecule has 1 atom stereocenters. The van der Waals surface area contributed by atoms with Gasteiger partial charge >= 0.3 is 0 Å². The summed E-state index contributed by atoms with van der Waals surface area (Å²) in [5.74, 6) is 1.17. The molecule has 1 aliphatic carbocycles. The number of pyridine rings is 1. The number of fused-ring (bicyclic) bond motifs is 1. The lowest BCUT2D eigenvalue weighted by Crippen LogP contribution is -2.35. The molecule has 3 heterocycles. The van der Waals surface area contributed by atoms with Crippen molar-refractivity contribution >= 4 is 26.8 Å². The van der Waals surface area contributed by atoms with E-state index in [1.54, 1.807) is 18.9 Å². The number of methoxy groups -OCH3 is 2. The molecule has 2 fully saturated rings. The van der Waals surface area contributed by atoms with Crippen molar-refractivity contribution in [1.29, 1.82) is 0 Å². The molecular formula is C32H44N4O5S. The number of hydrogen-bond donors (Lipinski definition) is 1. The van der Waals surface area contributed by atoms with Crippen molar-refractivity contribution < 1.29 is 22.7 Å². The van der Waals surface area contributed by atoms with Gasteiger partial charge in [0.15, 0.2) is 27.0 Å². The quantitative estimate of drug-likeness (QED) is 0.361. The SMILES string of the molecule is COc1ccc(-c2cc(C(=O)NC3CCCCCCCCCCC3)c3c(C)nn(C4CCS(=O)(=O)C4)c3n2)cc1OC. The number of carbonyl (C=O) groups excluding carboxylic acids is 1. The summed E-state index contributed by atoms with van der Waals surface area (Å²) in [6.07, 6.45) is 13.5. The van der Waals surface area contributed by atoms with Crippen molar-refractivity contribution in [3.63, 3.8) is 0 Å². The Hall–Kier alpha value is -3.14. The first-order valence-corrected chi connectivity index (χ1v) is 17.3. The third-order valence-corrected chi connectivity index (χ3v) is 10.5. The molecule has 0 radical (unpaired) electrons. The highest BCUT2D eigenvalue weighted by molar-refractivity contribution is 7.91. The van der Waals surface area contributed by atoms with Gasteiger partial charge in [-0.3, -0.25) is 4.79 Å². The smallest absolute Gasteiger partial charge is 0.252 e. The average molecular weight is 597 g/mol. The second-order valence-electron chi connectivity index (χ2n) is 11.8. The van der Waals surface area contributed by atoms with E-state index in [4.69, 9.17) is 19.6 Å². The first-order chi connectivity index (χ1) is 20.3. The summed E-state index contributed by atoms with van der Waals surface area (Å²) in [4.78, 5) is 19.1. The van der Waals surface area contributed by atoms with Crippen LogP contribution in [-0.2, 0) is 9.84 Å². The molecule has 5 rings (SSSR count). The van der Waals surface area contributed by atoms with Crippen molar-refractivity contribution in [3.05, 3.63) is 35.5 Å². The number of carbonyl (C=O) groups is 1. The molecule has 9 nitrogen and oxygen atoms in total. The van der Waals surface area contributed by atoms with Crippen LogP contribution >= 0.6 is 0 Å². The van der Waals surface area contributed by atoms with Crippen molar-refractivity contribution in [2.24, 2.45) is 0 Å². The Bertz CT molecular complexity index is 1500. The van der Waals surface area contributed by atoms with Crippen LogP contribution < -0.4 is 14.8 Å². The van der Waals surface area contributed by atoms with Crippen LogP contribution in [0.25, 0.3) is 22.3 Å². The van der Waals surface area contributed by atoms with Gasteiger partial charge in [0.1, 0.15) is 0 Å². The minimum Gasteiger partial charge on any atom is -0.493 e. The second kappa shape index (κ2) is 13.4. The Balaban J connectivity index is 1.54. The van der Waals surface area contributed by atoms with E-state index in [2.05, 4.69) is 5.32 Å². The molecule has 10 heteroatoms. The molecule has 3 aromatic rings. The number of nitrogens with one attached hydrogen (secondary N) is 1. The zero-order valence-electron chi connectivity index (χ0n) is 25.2. The molecule has 2 aliphatic rings. The molecule has 228 valence electrons. The summed E-state index contributed by atoms with van der Waals surface area (Å²) < 4.78 is 37.4. The summed E-state index contributed by atoms with van der Waals surface area (Å²) in [6, 6.07) is 7.17. The number of aryl methyl sites for hydroxylation is 1. The van der Waals surface area contributed by atoms with Crippen LogP contribution in [0.15, 0.2) is 24.3 Å². The Kier molecular flexibility index (Phi) is 9.70. The average Bonchev–Trinajstić information content (AvgIpc) is 3.51. The van der Waals surface area contributed by atoms with E-state index in [1.807, 2.05) is 31.2 Å². The predicted octanol–water partition coefficient (Wildman–Crippen LogP) is 6.19. The fourth-order valence-electron chi connectivity index (χ4n) is 6.43. The summed E-state index contributed by atoms with van der Waals surface area (Å²) in [5.41, 5.74) is 3.07. The van der Waals surface area contributed by atoms with Crippen molar-refractivity contribution in [2.45, 2.75) is 96.1 Å². The second-order valence-corrected chi connectivity index (χ2v) is 14.1. The molecule has 1 aliphatic heterocycles. The van der Waals surface area contributed by atoms with Crippen LogP contribution in [0.2, 0.25) is 0 Å². The van der Waals surface area contributed by atoms with Crippen LogP contribution in [0.4, 0.5) is 0 Å². The third kappa shape index (κ3) is 6.90. The predicted molar refractivity (Wildman–Crippen MR) is 165 cm³/mol. The largest absolute Gasteiger partial charge is 0.493 e. The van der Waals surface area contributed by atoms with Crippen LogP contribution in [0.3, 0.4) is 0 Å². The van der Waals surface area contributed by atoms with Crippen LogP contribution in [-0.4, -0.2) is 60.9 Å². The normalized spacial score (nSPS) is 20.5. The molecule has 1 aromatic carbocycles. The number of aromatic nitrogens is 3. The van der Waals surface area contributed by atoms with Crippen molar-refractivity contribution in [3.8, 4) is 22.8 Å². The maximum Gasteiger partial charge on any atom is 0.252 e.